The maximum atomic E-state index is 13.7. The number of alkyl halides is 7. The molecule has 32 heavy (non-hydrogen) atoms. The number of nitrogens with zero attached hydrogens (tertiary/aromatic N) is 1. The van der Waals surface area contributed by atoms with E-state index in [1.807, 2.05) is 0 Å². The minimum absolute atomic E-state index is 0.129. The van der Waals surface area contributed by atoms with Gasteiger partial charge in [0.2, 0.25) is 5.54 Å². The molecule has 2 aromatic rings. The van der Waals surface area contributed by atoms with Crippen LogP contribution in [0, 0.1) is 5.82 Å². The summed E-state index contributed by atoms with van der Waals surface area (Å²) in [6.07, 6.45) is -11.6. The Morgan fingerprint density at radius 3 is 1.97 bits per heavy atom. The molecule has 3 rings (SSSR count). The fourth-order valence-electron chi connectivity index (χ4n) is 3.56. The van der Waals surface area contributed by atoms with E-state index >= 15 is 0 Å². The van der Waals surface area contributed by atoms with Crippen LogP contribution >= 0.6 is 0 Å². The SMILES string of the molecule is CN1CC(C(F)(F)F)(C(F)(F)F)NC1(NC(=O)c1ccc(CF)cc1)c1ccc(F)cc1. The summed E-state index contributed by atoms with van der Waals surface area (Å²) in [5, 5.41) is 3.76. The van der Waals surface area contributed by atoms with Gasteiger partial charge in [-0.15, -0.1) is 0 Å². The number of halogens is 8. The van der Waals surface area contributed by atoms with Crippen molar-refractivity contribution in [3.05, 3.63) is 71.0 Å². The molecule has 2 aromatic carbocycles. The first-order valence-corrected chi connectivity index (χ1v) is 9.13. The van der Waals surface area contributed by atoms with Gasteiger partial charge in [-0.2, -0.15) is 26.3 Å². The second-order valence-electron chi connectivity index (χ2n) is 7.38. The highest BCUT2D eigenvalue weighted by atomic mass is 19.4. The van der Waals surface area contributed by atoms with Crippen LogP contribution in [0.25, 0.3) is 0 Å². The Kier molecular flexibility index (Phi) is 5.98. The Morgan fingerprint density at radius 2 is 1.53 bits per heavy atom. The van der Waals surface area contributed by atoms with Gasteiger partial charge in [0.15, 0.2) is 5.79 Å². The van der Waals surface area contributed by atoms with Crippen molar-refractivity contribution in [1.29, 1.82) is 0 Å². The summed E-state index contributed by atoms with van der Waals surface area (Å²) in [4.78, 5) is 13.4. The smallest absolute Gasteiger partial charge is 0.317 e. The van der Waals surface area contributed by atoms with E-state index in [9.17, 15) is 39.9 Å². The lowest BCUT2D eigenvalue weighted by molar-refractivity contribution is -0.301. The van der Waals surface area contributed by atoms with Gasteiger partial charge in [-0.3, -0.25) is 15.0 Å². The van der Waals surface area contributed by atoms with Gasteiger partial charge in [0, 0.05) is 17.7 Å². The van der Waals surface area contributed by atoms with Crippen molar-refractivity contribution in [2.45, 2.75) is 30.4 Å². The minimum Gasteiger partial charge on any atom is -0.317 e. The summed E-state index contributed by atoms with van der Waals surface area (Å²) >= 11 is 0. The molecule has 1 aliphatic rings. The molecular formula is C20H17F8N3O. The Hall–Kier alpha value is -2.73. The number of nitrogens with one attached hydrogen (secondary N) is 2. The van der Waals surface area contributed by atoms with Crippen LogP contribution in [0.4, 0.5) is 35.1 Å². The van der Waals surface area contributed by atoms with Crippen LogP contribution in [0.15, 0.2) is 48.5 Å². The van der Waals surface area contributed by atoms with E-state index in [1.54, 1.807) is 5.32 Å². The Bertz CT molecular complexity index is 958. The van der Waals surface area contributed by atoms with Crippen molar-refractivity contribution >= 4 is 5.91 Å². The van der Waals surface area contributed by atoms with Crippen LogP contribution in [-0.4, -0.2) is 42.3 Å². The molecule has 0 aliphatic carbocycles. The second kappa shape index (κ2) is 8.00. The lowest BCUT2D eigenvalue weighted by Gasteiger charge is -2.39. The zero-order valence-electron chi connectivity index (χ0n) is 16.4. The third-order valence-electron chi connectivity index (χ3n) is 5.34. The number of carbonyl (C=O) groups excluding carboxylic acids is 1. The first-order chi connectivity index (χ1) is 14.8. The molecule has 0 spiro atoms. The van der Waals surface area contributed by atoms with Gasteiger partial charge < -0.3 is 5.32 Å². The van der Waals surface area contributed by atoms with Crippen LogP contribution < -0.4 is 10.6 Å². The van der Waals surface area contributed by atoms with E-state index in [0.29, 0.717) is 4.90 Å². The van der Waals surface area contributed by atoms with Crippen molar-refractivity contribution in [3.63, 3.8) is 0 Å². The van der Waals surface area contributed by atoms with Gasteiger partial charge in [0.1, 0.15) is 12.5 Å². The highest BCUT2D eigenvalue weighted by molar-refractivity contribution is 5.94. The quantitative estimate of drug-likeness (QED) is 0.662. The van der Waals surface area contributed by atoms with Crippen molar-refractivity contribution in [1.82, 2.24) is 15.5 Å². The number of hydrogen-bond donors (Lipinski definition) is 2. The topological polar surface area (TPSA) is 44.4 Å². The molecule has 1 fully saturated rings. The summed E-state index contributed by atoms with van der Waals surface area (Å²) in [7, 11) is 0.960. The molecule has 0 saturated carbocycles. The maximum Gasteiger partial charge on any atom is 0.416 e. The molecule has 1 unspecified atom stereocenters. The van der Waals surface area contributed by atoms with Crippen molar-refractivity contribution in [3.8, 4) is 0 Å². The third kappa shape index (κ3) is 3.92. The Balaban J connectivity index is 2.11. The largest absolute Gasteiger partial charge is 0.416 e. The van der Waals surface area contributed by atoms with Crippen LogP contribution in [0.5, 0.6) is 0 Å². The van der Waals surface area contributed by atoms with E-state index in [2.05, 4.69) is 5.32 Å². The molecule has 12 heteroatoms. The summed E-state index contributed by atoms with van der Waals surface area (Å²) < 4.78 is 109. The third-order valence-corrected chi connectivity index (χ3v) is 5.34. The summed E-state index contributed by atoms with van der Waals surface area (Å²) in [5.74, 6) is -4.30. The molecule has 1 heterocycles. The molecule has 0 bridgehead atoms. The van der Waals surface area contributed by atoms with Crippen molar-refractivity contribution < 1.29 is 39.9 Å². The van der Waals surface area contributed by atoms with E-state index in [4.69, 9.17) is 0 Å². The van der Waals surface area contributed by atoms with Crippen LogP contribution in [0.3, 0.4) is 0 Å². The molecule has 1 amide bonds. The molecule has 174 valence electrons. The molecule has 1 saturated heterocycles. The van der Waals surface area contributed by atoms with Gasteiger partial charge in [-0.1, -0.05) is 24.3 Å². The lowest BCUT2D eigenvalue weighted by Crippen LogP contribution is -2.70. The first-order valence-electron chi connectivity index (χ1n) is 9.13. The normalized spacial score (nSPS) is 21.5. The van der Waals surface area contributed by atoms with E-state index in [1.165, 1.54) is 24.3 Å². The predicted octanol–water partition coefficient (Wildman–Crippen LogP) is 4.23. The average molecular weight is 467 g/mol. The molecule has 0 aromatic heterocycles. The van der Waals surface area contributed by atoms with Gasteiger partial charge in [-0.05, 0) is 36.9 Å². The zero-order chi connectivity index (χ0) is 23.9. The van der Waals surface area contributed by atoms with Gasteiger partial charge >= 0.3 is 12.4 Å². The Morgan fingerprint density at radius 1 is 1.00 bits per heavy atom. The van der Waals surface area contributed by atoms with Crippen molar-refractivity contribution in [2.75, 3.05) is 13.6 Å². The van der Waals surface area contributed by atoms with E-state index < -0.39 is 48.6 Å². The number of likely N-dealkylation sites (N-methyl/N-ethyl adjacent to an activating group) is 1. The van der Waals surface area contributed by atoms with E-state index in [0.717, 1.165) is 31.3 Å². The van der Waals surface area contributed by atoms with Crippen LogP contribution in [0.1, 0.15) is 21.5 Å². The summed E-state index contributed by atoms with van der Waals surface area (Å²) in [6.45, 7) is -2.41. The van der Waals surface area contributed by atoms with Gasteiger partial charge in [0.25, 0.3) is 5.91 Å². The molecule has 1 atom stereocenters. The maximum absolute atomic E-state index is 13.7. The first kappa shape index (κ1) is 23.9. The summed E-state index contributed by atoms with van der Waals surface area (Å²) in [5.41, 5.74) is -4.55. The molecular weight excluding hydrogens is 450 g/mol. The molecule has 1 aliphatic heterocycles. The predicted molar refractivity (Wildman–Crippen MR) is 97.4 cm³/mol. The number of rotatable bonds is 4. The fourth-order valence-corrected chi connectivity index (χ4v) is 3.56. The van der Waals surface area contributed by atoms with Gasteiger partial charge in [0.05, 0.1) is 0 Å². The molecule has 0 radical (unpaired) electrons. The minimum atomic E-state index is -5.78. The number of benzene rings is 2. The van der Waals surface area contributed by atoms with E-state index in [-0.39, 0.29) is 16.7 Å². The second-order valence-corrected chi connectivity index (χ2v) is 7.38. The van der Waals surface area contributed by atoms with Gasteiger partial charge in [-0.25, -0.2) is 8.78 Å². The number of carbonyl (C=O) groups is 1. The highest BCUT2D eigenvalue weighted by Gasteiger charge is 2.77. The lowest BCUT2D eigenvalue weighted by atomic mass is 9.98. The number of hydrogen-bond acceptors (Lipinski definition) is 3. The monoisotopic (exact) mass is 467 g/mol. The number of amides is 1. The highest BCUT2D eigenvalue weighted by Crippen LogP contribution is 2.49. The summed E-state index contributed by atoms with van der Waals surface area (Å²) in [6, 6.07) is 8.48. The standard InChI is InChI=1S/C20H17F8N3O/c1-31-11-17(19(23,24)25,20(26,27)28)30-18(31,14-6-8-15(22)9-7-14)29-16(32)13-4-2-12(10-21)3-5-13/h2-9,30H,10-11H2,1H3,(H,29,32). The average Bonchev–Trinajstić information content (AvgIpc) is 3.03. The Labute approximate surface area is 177 Å². The molecule has 2 N–H and O–H groups in total. The van der Waals surface area contributed by atoms with Crippen molar-refractivity contribution in [2.24, 2.45) is 0 Å². The van der Waals surface area contributed by atoms with Crippen LogP contribution in [0.2, 0.25) is 0 Å². The molecule has 4 nitrogen and oxygen atoms in total. The fraction of sp³-hybridized carbons (Fsp3) is 0.350. The van der Waals surface area contributed by atoms with Crippen LogP contribution in [-0.2, 0) is 12.5 Å². The zero-order valence-corrected chi connectivity index (χ0v) is 16.4.